The molecule has 2 heteroatoms. The number of ether oxygens (including phenoxy) is 1. The summed E-state index contributed by atoms with van der Waals surface area (Å²) >= 11 is 0. The van der Waals surface area contributed by atoms with Crippen LogP contribution in [0.1, 0.15) is 44.6 Å². The van der Waals surface area contributed by atoms with Crippen LogP contribution in [-0.4, -0.2) is 12.1 Å². The highest BCUT2D eigenvalue weighted by Crippen LogP contribution is 2.42. The van der Waals surface area contributed by atoms with Crippen molar-refractivity contribution in [2.24, 2.45) is 0 Å². The van der Waals surface area contributed by atoms with Gasteiger partial charge in [-0.3, -0.25) is 0 Å². The van der Waals surface area contributed by atoms with E-state index >= 15 is 0 Å². The van der Waals surface area contributed by atoms with Crippen molar-refractivity contribution in [3.05, 3.63) is 30.0 Å². The summed E-state index contributed by atoms with van der Waals surface area (Å²) in [6, 6.07) is 6.30. The average Bonchev–Trinajstić information content (AvgIpc) is 2.83. The van der Waals surface area contributed by atoms with Crippen LogP contribution < -0.4 is 4.74 Å². The van der Waals surface area contributed by atoms with E-state index in [1.165, 1.54) is 48.6 Å². The first-order chi connectivity index (χ1) is 8.73. The molecule has 1 N–H and O–H groups in total. The highest BCUT2D eigenvalue weighted by atomic mass is 16.5. The lowest BCUT2D eigenvalue weighted by Gasteiger charge is -2.33. The first-order valence-electron chi connectivity index (χ1n) is 6.88. The Labute approximate surface area is 108 Å². The molecule has 1 aliphatic rings. The second kappa shape index (κ2) is 4.34. The molecular weight excluding hydrogens is 222 g/mol. The largest absolute Gasteiger partial charge is 0.497 e. The highest BCUT2D eigenvalue weighted by Gasteiger charge is 2.30. The molecule has 1 fully saturated rings. The fourth-order valence-electron chi connectivity index (χ4n) is 3.33. The van der Waals surface area contributed by atoms with Gasteiger partial charge in [-0.2, -0.15) is 0 Å². The second-order valence-corrected chi connectivity index (χ2v) is 5.74. The molecule has 2 aromatic rings. The molecule has 0 amide bonds. The quantitative estimate of drug-likeness (QED) is 0.831. The molecule has 0 aliphatic heterocycles. The Bertz CT molecular complexity index is 549. The first-order valence-corrected chi connectivity index (χ1v) is 6.88. The minimum atomic E-state index is 0.336. The van der Waals surface area contributed by atoms with Gasteiger partial charge in [0, 0.05) is 17.1 Å². The molecule has 0 unspecified atom stereocenters. The molecule has 1 aromatic heterocycles. The lowest BCUT2D eigenvalue weighted by molar-refractivity contribution is 0.322. The van der Waals surface area contributed by atoms with Gasteiger partial charge in [-0.1, -0.05) is 26.2 Å². The lowest BCUT2D eigenvalue weighted by Crippen LogP contribution is -2.24. The fraction of sp³-hybridized carbons (Fsp3) is 0.500. The summed E-state index contributed by atoms with van der Waals surface area (Å²) in [5.74, 6) is 0.947. The van der Waals surface area contributed by atoms with Gasteiger partial charge < -0.3 is 9.72 Å². The number of benzene rings is 1. The minimum absolute atomic E-state index is 0.336. The third kappa shape index (κ3) is 1.80. The number of aromatic nitrogens is 1. The molecule has 1 saturated carbocycles. The predicted molar refractivity (Wildman–Crippen MR) is 75.3 cm³/mol. The van der Waals surface area contributed by atoms with Gasteiger partial charge in [-0.05, 0) is 42.0 Å². The summed E-state index contributed by atoms with van der Waals surface area (Å²) in [5.41, 5.74) is 3.02. The Kier molecular flexibility index (Phi) is 2.81. The normalized spacial score (nSPS) is 19.0. The van der Waals surface area contributed by atoms with E-state index in [1.807, 2.05) is 6.07 Å². The average molecular weight is 243 g/mol. The molecule has 1 aliphatic carbocycles. The van der Waals surface area contributed by atoms with Gasteiger partial charge in [0.1, 0.15) is 5.75 Å². The molecule has 0 radical (unpaired) electrons. The predicted octanol–water partition coefficient (Wildman–Crippen LogP) is 4.40. The van der Waals surface area contributed by atoms with Gasteiger partial charge in [0.15, 0.2) is 0 Å². The SMILES string of the molecule is COc1ccc2[nH]cc(C3(C)CCCCC3)c2c1. The monoisotopic (exact) mass is 243 g/mol. The third-order valence-corrected chi connectivity index (χ3v) is 4.50. The van der Waals surface area contributed by atoms with Crippen molar-refractivity contribution in [2.75, 3.05) is 7.11 Å². The molecule has 96 valence electrons. The summed E-state index contributed by atoms with van der Waals surface area (Å²) in [6.07, 6.45) is 8.91. The summed E-state index contributed by atoms with van der Waals surface area (Å²) in [6.45, 7) is 2.41. The van der Waals surface area contributed by atoms with Gasteiger partial charge in [-0.25, -0.2) is 0 Å². The maximum atomic E-state index is 5.35. The van der Waals surface area contributed by atoms with Crippen molar-refractivity contribution in [1.82, 2.24) is 4.98 Å². The Hall–Kier alpha value is -1.44. The Morgan fingerprint density at radius 2 is 1.94 bits per heavy atom. The molecule has 2 nitrogen and oxygen atoms in total. The van der Waals surface area contributed by atoms with E-state index in [0.29, 0.717) is 5.41 Å². The molecule has 18 heavy (non-hydrogen) atoms. The van der Waals surface area contributed by atoms with Gasteiger partial charge >= 0.3 is 0 Å². The Morgan fingerprint density at radius 1 is 1.17 bits per heavy atom. The number of fused-ring (bicyclic) bond motifs is 1. The van der Waals surface area contributed by atoms with E-state index in [9.17, 15) is 0 Å². The summed E-state index contributed by atoms with van der Waals surface area (Å²) in [7, 11) is 1.73. The van der Waals surface area contributed by atoms with Crippen molar-refractivity contribution in [2.45, 2.75) is 44.4 Å². The smallest absolute Gasteiger partial charge is 0.119 e. The molecule has 0 saturated heterocycles. The van der Waals surface area contributed by atoms with Crippen molar-refractivity contribution in [3.8, 4) is 5.75 Å². The number of aromatic amines is 1. The van der Waals surface area contributed by atoms with Crippen LogP contribution in [0.25, 0.3) is 10.9 Å². The standard InChI is InChI=1S/C16H21NO/c1-16(8-4-3-5-9-16)14-11-17-15-7-6-12(18-2)10-13(14)15/h6-7,10-11,17H,3-5,8-9H2,1-2H3. The van der Waals surface area contributed by atoms with E-state index in [-0.39, 0.29) is 0 Å². The van der Waals surface area contributed by atoms with E-state index in [1.54, 1.807) is 7.11 Å². The second-order valence-electron chi connectivity index (χ2n) is 5.74. The van der Waals surface area contributed by atoms with Crippen LogP contribution in [0.15, 0.2) is 24.4 Å². The van der Waals surface area contributed by atoms with Crippen molar-refractivity contribution < 1.29 is 4.74 Å². The van der Waals surface area contributed by atoms with E-state index in [2.05, 4.69) is 30.2 Å². The van der Waals surface area contributed by atoms with E-state index < -0.39 is 0 Å². The van der Waals surface area contributed by atoms with Gasteiger partial charge in [-0.15, -0.1) is 0 Å². The molecule has 1 heterocycles. The zero-order chi connectivity index (χ0) is 12.6. The molecule has 0 bridgehead atoms. The van der Waals surface area contributed by atoms with E-state index in [0.717, 1.165) is 5.75 Å². The van der Waals surface area contributed by atoms with Crippen molar-refractivity contribution >= 4 is 10.9 Å². The minimum Gasteiger partial charge on any atom is -0.497 e. The molecule has 0 spiro atoms. The maximum absolute atomic E-state index is 5.35. The Morgan fingerprint density at radius 3 is 2.67 bits per heavy atom. The fourth-order valence-corrected chi connectivity index (χ4v) is 3.33. The number of nitrogens with one attached hydrogen (secondary N) is 1. The van der Waals surface area contributed by atoms with Crippen molar-refractivity contribution in [1.29, 1.82) is 0 Å². The first kappa shape index (κ1) is 11.6. The van der Waals surface area contributed by atoms with Crippen LogP contribution >= 0.6 is 0 Å². The summed E-state index contributed by atoms with van der Waals surface area (Å²) < 4.78 is 5.35. The summed E-state index contributed by atoms with van der Waals surface area (Å²) in [4.78, 5) is 3.41. The van der Waals surface area contributed by atoms with Crippen LogP contribution in [0.2, 0.25) is 0 Å². The maximum Gasteiger partial charge on any atom is 0.119 e. The van der Waals surface area contributed by atoms with Gasteiger partial charge in [0.2, 0.25) is 0 Å². The van der Waals surface area contributed by atoms with Crippen LogP contribution in [0.5, 0.6) is 5.75 Å². The van der Waals surface area contributed by atoms with Gasteiger partial charge in [0.05, 0.1) is 7.11 Å². The number of hydrogen-bond acceptors (Lipinski definition) is 1. The van der Waals surface area contributed by atoms with Crippen LogP contribution in [-0.2, 0) is 5.41 Å². The van der Waals surface area contributed by atoms with Crippen LogP contribution in [0.4, 0.5) is 0 Å². The number of rotatable bonds is 2. The zero-order valence-corrected chi connectivity index (χ0v) is 11.3. The topological polar surface area (TPSA) is 25.0 Å². The number of hydrogen-bond donors (Lipinski definition) is 1. The van der Waals surface area contributed by atoms with Crippen molar-refractivity contribution in [3.63, 3.8) is 0 Å². The number of methoxy groups -OCH3 is 1. The molecule has 1 aromatic carbocycles. The lowest BCUT2D eigenvalue weighted by atomic mass is 9.71. The number of H-pyrrole nitrogens is 1. The van der Waals surface area contributed by atoms with Gasteiger partial charge in [0.25, 0.3) is 0 Å². The van der Waals surface area contributed by atoms with Crippen LogP contribution in [0, 0.1) is 0 Å². The zero-order valence-electron chi connectivity index (χ0n) is 11.3. The van der Waals surface area contributed by atoms with E-state index in [4.69, 9.17) is 4.74 Å². The summed E-state index contributed by atoms with van der Waals surface area (Å²) in [5, 5.41) is 1.33. The third-order valence-electron chi connectivity index (χ3n) is 4.50. The molecule has 0 atom stereocenters. The highest BCUT2D eigenvalue weighted by molar-refractivity contribution is 5.85. The molecule has 3 rings (SSSR count). The Balaban J connectivity index is 2.10. The molecular formula is C16H21NO. The van der Waals surface area contributed by atoms with Crippen LogP contribution in [0.3, 0.4) is 0 Å².